The van der Waals surface area contributed by atoms with Crippen LogP contribution in [0.5, 0.6) is 17.2 Å². The van der Waals surface area contributed by atoms with Crippen molar-refractivity contribution in [2.24, 2.45) is 0 Å². The van der Waals surface area contributed by atoms with E-state index in [1.165, 1.54) is 5.56 Å². The van der Waals surface area contributed by atoms with Crippen LogP contribution in [0, 0.1) is 13.8 Å². The Kier molecular flexibility index (Phi) is 8.85. The van der Waals surface area contributed by atoms with E-state index in [0.717, 1.165) is 42.1 Å². The van der Waals surface area contributed by atoms with Crippen LogP contribution < -0.4 is 14.2 Å². The fourth-order valence-electron chi connectivity index (χ4n) is 4.26. The van der Waals surface area contributed by atoms with Gasteiger partial charge in [-0.15, -0.1) is 0 Å². The summed E-state index contributed by atoms with van der Waals surface area (Å²) in [5.41, 5.74) is 2.30. The number of aromatic nitrogens is 2. The molecule has 2 heterocycles. The molecule has 1 saturated heterocycles. The summed E-state index contributed by atoms with van der Waals surface area (Å²) in [5.74, 6) is 2.16. The van der Waals surface area contributed by atoms with Gasteiger partial charge in [0.2, 0.25) is 0 Å². The predicted octanol–water partition coefficient (Wildman–Crippen LogP) is 3.62. The van der Waals surface area contributed by atoms with Crippen LogP contribution in [0.2, 0.25) is 0 Å². The van der Waals surface area contributed by atoms with Gasteiger partial charge in [-0.25, -0.2) is 0 Å². The van der Waals surface area contributed by atoms with E-state index in [0.29, 0.717) is 32.1 Å². The highest BCUT2D eigenvalue weighted by Gasteiger charge is 2.33. The third-order valence-electron chi connectivity index (χ3n) is 6.15. The number of ether oxygens (including phenoxy) is 4. The maximum atomic E-state index is 11.2. The minimum atomic E-state index is -1.10. The van der Waals surface area contributed by atoms with Gasteiger partial charge in [-0.1, -0.05) is 23.8 Å². The van der Waals surface area contributed by atoms with E-state index < -0.39 is 5.60 Å². The summed E-state index contributed by atoms with van der Waals surface area (Å²) in [7, 11) is 1.65. The molecule has 194 valence electrons. The largest absolute Gasteiger partial charge is 0.493 e. The number of methoxy groups -OCH3 is 1. The molecular weight excluding hydrogens is 458 g/mol. The third kappa shape index (κ3) is 7.46. The van der Waals surface area contributed by atoms with Gasteiger partial charge in [-0.3, -0.25) is 9.58 Å². The van der Waals surface area contributed by atoms with Gasteiger partial charge in [0.25, 0.3) is 0 Å². The summed E-state index contributed by atoms with van der Waals surface area (Å²) in [6.07, 6.45) is 4.74. The molecule has 8 nitrogen and oxygen atoms in total. The van der Waals surface area contributed by atoms with Crippen LogP contribution in [0.25, 0.3) is 0 Å². The zero-order valence-electron chi connectivity index (χ0n) is 21.5. The van der Waals surface area contributed by atoms with Crippen LogP contribution in [-0.4, -0.2) is 72.0 Å². The molecule has 8 heteroatoms. The summed E-state index contributed by atoms with van der Waals surface area (Å²) >= 11 is 0. The highest BCUT2D eigenvalue weighted by molar-refractivity contribution is 5.43. The molecule has 1 atom stereocenters. The molecule has 0 aliphatic carbocycles. The predicted molar refractivity (Wildman–Crippen MR) is 138 cm³/mol. The van der Waals surface area contributed by atoms with Gasteiger partial charge in [-0.05, 0) is 49.2 Å². The minimum absolute atomic E-state index is 0.167. The molecule has 0 bridgehead atoms. The average molecular weight is 496 g/mol. The Balaban J connectivity index is 1.31. The molecular formula is C28H37N3O5. The molecule has 2 aromatic carbocycles. The third-order valence-corrected chi connectivity index (χ3v) is 6.15. The summed E-state index contributed by atoms with van der Waals surface area (Å²) in [6, 6.07) is 13.8. The van der Waals surface area contributed by atoms with Crippen molar-refractivity contribution in [2.75, 3.05) is 46.6 Å². The molecule has 1 N–H and O–H groups in total. The SMILES string of the molecule is COc1cc(CN2CCOC[C@@](O)(COc3ccc(C)cc3)C2)ccc1OCCCn1cc(C)cn1. The quantitative estimate of drug-likeness (QED) is 0.407. The Bertz CT molecular complexity index is 1100. The zero-order chi connectivity index (χ0) is 25.4. The summed E-state index contributed by atoms with van der Waals surface area (Å²) in [6.45, 7) is 8.24. The van der Waals surface area contributed by atoms with E-state index in [4.69, 9.17) is 18.9 Å². The monoisotopic (exact) mass is 495 g/mol. The van der Waals surface area contributed by atoms with Crippen molar-refractivity contribution in [3.63, 3.8) is 0 Å². The van der Waals surface area contributed by atoms with Gasteiger partial charge in [0.1, 0.15) is 18.0 Å². The maximum absolute atomic E-state index is 11.2. The lowest BCUT2D eigenvalue weighted by atomic mass is 10.1. The lowest BCUT2D eigenvalue weighted by molar-refractivity contribution is -0.0646. The van der Waals surface area contributed by atoms with E-state index in [2.05, 4.69) is 10.00 Å². The van der Waals surface area contributed by atoms with Crippen molar-refractivity contribution < 1.29 is 24.1 Å². The number of hydrogen-bond donors (Lipinski definition) is 1. The standard InChI is InChI=1S/C28H37N3O5/c1-22-5-8-25(9-6-22)36-21-28(32)19-30(12-14-34-20-28)18-24-7-10-26(27(15-24)33-3)35-13-4-11-31-17-23(2)16-29-31/h5-10,15-17,32H,4,11-14,18-21H2,1-3H3/t28-/m1/s1. The van der Waals surface area contributed by atoms with Gasteiger partial charge in [-0.2, -0.15) is 5.10 Å². The fraction of sp³-hybridized carbons (Fsp3) is 0.464. The lowest BCUT2D eigenvalue weighted by Crippen LogP contribution is -2.48. The first kappa shape index (κ1) is 26.0. The second-order valence-electron chi connectivity index (χ2n) is 9.56. The van der Waals surface area contributed by atoms with E-state index in [1.807, 2.05) is 73.4 Å². The molecule has 0 amide bonds. The van der Waals surface area contributed by atoms with Crippen molar-refractivity contribution in [3.05, 3.63) is 71.5 Å². The van der Waals surface area contributed by atoms with Crippen molar-refractivity contribution in [3.8, 4) is 17.2 Å². The van der Waals surface area contributed by atoms with Crippen LogP contribution >= 0.6 is 0 Å². The molecule has 0 radical (unpaired) electrons. The maximum Gasteiger partial charge on any atom is 0.161 e. The van der Waals surface area contributed by atoms with Crippen molar-refractivity contribution >= 4 is 0 Å². The fourth-order valence-corrected chi connectivity index (χ4v) is 4.26. The van der Waals surface area contributed by atoms with Crippen LogP contribution in [0.15, 0.2) is 54.9 Å². The van der Waals surface area contributed by atoms with Crippen LogP contribution in [-0.2, 0) is 17.8 Å². The number of β-amino-alcohol motifs (C(OH)–C–C–N with tert-alkyl or cyclic N) is 1. The summed E-state index contributed by atoms with van der Waals surface area (Å²) in [5, 5.41) is 15.5. The van der Waals surface area contributed by atoms with Gasteiger partial charge in [0.05, 0.1) is 33.1 Å². The van der Waals surface area contributed by atoms with Crippen molar-refractivity contribution in [1.82, 2.24) is 14.7 Å². The number of benzene rings is 2. The van der Waals surface area contributed by atoms with Gasteiger partial charge >= 0.3 is 0 Å². The highest BCUT2D eigenvalue weighted by Crippen LogP contribution is 2.29. The van der Waals surface area contributed by atoms with Crippen molar-refractivity contribution in [1.29, 1.82) is 0 Å². The average Bonchev–Trinajstić information content (AvgIpc) is 3.20. The number of hydrogen-bond acceptors (Lipinski definition) is 7. The number of rotatable bonds is 11. The number of aliphatic hydroxyl groups is 1. The topological polar surface area (TPSA) is 78.2 Å². The van der Waals surface area contributed by atoms with E-state index in [1.54, 1.807) is 7.11 Å². The Labute approximate surface area is 213 Å². The molecule has 1 aliphatic heterocycles. The highest BCUT2D eigenvalue weighted by atomic mass is 16.5. The van der Waals surface area contributed by atoms with Crippen LogP contribution in [0.4, 0.5) is 0 Å². The molecule has 0 unspecified atom stereocenters. The second-order valence-corrected chi connectivity index (χ2v) is 9.56. The van der Waals surface area contributed by atoms with E-state index in [9.17, 15) is 5.11 Å². The smallest absolute Gasteiger partial charge is 0.161 e. The molecule has 36 heavy (non-hydrogen) atoms. The first-order chi connectivity index (χ1) is 17.4. The van der Waals surface area contributed by atoms with E-state index in [-0.39, 0.29) is 13.2 Å². The van der Waals surface area contributed by atoms with Crippen LogP contribution in [0.3, 0.4) is 0 Å². The number of nitrogens with zero attached hydrogens (tertiary/aromatic N) is 3. The molecule has 0 spiro atoms. The Morgan fingerprint density at radius 3 is 2.64 bits per heavy atom. The van der Waals surface area contributed by atoms with Gasteiger partial charge < -0.3 is 24.1 Å². The van der Waals surface area contributed by atoms with Gasteiger partial charge in [0, 0.05) is 38.8 Å². The Morgan fingerprint density at radius 1 is 1.06 bits per heavy atom. The minimum Gasteiger partial charge on any atom is -0.493 e. The molecule has 1 aromatic heterocycles. The normalized spacial score (nSPS) is 18.6. The molecule has 1 aliphatic rings. The molecule has 1 fully saturated rings. The molecule has 3 aromatic rings. The second kappa shape index (κ2) is 12.3. The zero-order valence-corrected chi connectivity index (χ0v) is 21.5. The van der Waals surface area contributed by atoms with Gasteiger partial charge in [0.15, 0.2) is 11.5 Å². The molecule has 0 saturated carbocycles. The Hall–Kier alpha value is -3.07. The summed E-state index contributed by atoms with van der Waals surface area (Å²) in [4.78, 5) is 2.19. The first-order valence-electron chi connectivity index (χ1n) is 12.4. The first-order valence-corrected chi connectivity index (χ1v) is 12.4. The van der Waals surface area contributed by atoms with E-state index >= 15 is 0 Å². The lowest BCUT2D eigenvalue weighted by Gasteiger charge is -2.30. The summed E-state index contributed by atoms with van der Waals surface area (Å²) < 4.78 is 25.1. The Morgan fingerprint density at radius 2 is 1.89 bits per heavy atom. The van der Waals surface area contributed by atoms with Crippen molar-refractivity contribution in [2.45, 2.75) is 39.0 Å². The number of aryl methyl sites for hydroxylation is 3. The van der Waals surface area contributed by atoms with Crippen LogP contribution in [0.1, 0.15) is 23.1 Å². The molecule has 4 rings (SSSR count).